The molecule has 10 heteroatoms. The molecule has 2 aromatic rings. The number of hydrogen-bond acceptors (Lipinski definition) is 5. The molecule has 1 saturated heterocycles. The largest absolute Gasteiger partial charge is 0.417 e. The number of halogens is 3. The summed E-state index contributed by atoms with van der Waals surface area (Å²) in [5.41, 5.74) is 0.115. The fourth-order valence-corrected chi connectivity index (χ4v) is 8.05. The summed E-state index contributed by atoms with van der Waals surface area (Å²) in [7, 11) is 0. The van der Waals surface area contributed by atoms with Crippen LogP contribution >= 0.6 is 0 Å². The molecular formula is C29H39F3N6O. The van der Waals surface area contributed by atoms with Crippen LogP contribution in [-0.2, 0) is 23.9 Å². The summed E-state index contributed by atoms with van der Waals surface area (Å²) in [6.07, 6.45) is 4.04. The number of fused-ring (bicyclic) bond motifs is 2. The molecule has 0 N–H and O–H groups in total. The number of piperidine rings is 1. The highest BCUT2D eigenvalue weighted by Gasteiger charge is 2.57. The number of rotatable bonds is 4. The lowest BCUT2D eigenvalue weighted by Gasteiger charge is -2.39. The van der Waals surface area contributed by atoms with Crippen LogP contribution in [0.1, 0.15) is 99.2 Å². The van der Waals surface area contributed by atoms with Gasteiger partial charge in [-0.3, -0.25) is 9.78 Å². The average molecular weight is 545 g/mol. The minimum atomic E-state index is -4.43. The first kappa shape index (κ1) is 26.7. The lowest BCUT2D eigenvalue weighted by atomic mass is 9.78. The molecule has 7 nitrogen and oxygen atoms in total. The number of amides is 1. The quantitative estimate of drug-likeness (QED) is 0.523. The van der Waals surface area contributed by atoms with Crippen molar-refractivity contribution in [1.29, 1.82) is 0 Å². The van der Waals surface area contributed by atoms with Crippen LogP contribution in [0.4, 0.5) is 13.2 Å². The SMILES string of the molecule is Cc1nnc(C(C)C)n1C1CCN([C@H]2C[C@H]3CCC[C@@]3(C(=O)N3CCc4ncc(C(F)(F)F)cc4C3)C2)CC1. The Labute approximate surface area is 228 Å². The average Bonchev–Trinajstić information content (AvgIpc) is 3.60. The number of likely N-dealkylation sites (tertiary alicyclic amines) is 1. The van der Waals surface area contributed by atoms with E-state index < -0.39 is 11.7 Å². The van der Waals surface area contributed by atoms with E-state index in [0.29, 0.717) is 48.1 Å². The summed E-state index contributed by atoms with van der Waals surface area (Å²) in [6, 6.07) is 1.99. The number of aryl methyl sites for hydroxylation is 1. The van der Waals surface area contributed by atoms with Crippen molar-refractivity contribution < 1.29 is 18.0 Å². The summed E-state index contributed by atoms with van der Waals surface area (Å²) >= 11 is 0. The summed E-state index contributed by atoms with van der Waals surface area (Å²) in [4.78, 5) is 22.6. The minimum absolute atomic E-state index is 0.159. The molecule has 212 valence electrons. The smallest absolute Gasteiger partial charge is 0.337 e. The van der Waals surface area contributed by atoms with Gasteiger partial charge >= 0.3 is 6.18 Å². The maximum atomic E-state index is 14.1. The number of carbonyl (C=O) groups is 1. The van der Waals surface area contributed by atoms with Gasteiger partial charge in [0.2, 0.25) is 5.91 Å². The highest BCUT2D eigenvalue weighted by Crippen LogP contribution is 2.57. The highest BCUT2D eigenvalue weighted by molar-refractivity contribution is 5.84. The van der Waals surface area contributed by atoms with Gasteiger partial charge in [-0.05, 0) is 63.0 Å². The third-order valence-corrected chi connectivity index (χ3v) is 9.98. The van der Waals surface area contributed by atoms with Crippen molar-refractivity contribution in [3.05, 3.63) is 40.7 Å². The molecule has 0 aromatic carbocycles. The van der Waals surface area contributed by atoms with Crippen LogP contribution in [-0.4, -0.2) is 61.1 Å². The molecular weight excluding hydrogens is 505 g/mol. The van der Waals surface area contributed by atoms with Gasteiger partial charge in [0.15, 0.2) is 0 Å². The Balaban J connectivity index is 1.14. The predicted molar refractivity (Wildman–Crippen MR) is 140 cm³/mol. The molecule has 0 bridgehead atoms. The van der Waals surface area contributed by atoms with E-state index in [4.69, 9.17) is 0 Å². The van der Waals surface area contributed by atoms with Gasteiger partial charge in [0.05, 0.1) is 11.0 Å². The number of nitrogens with zero attached hydrogens (tertiary/aromatic N) is 6. The van der Waals surface area contributed by atoms with Crippen molar-refractivity contribution in [3.63, 3.8) is 0 Å². The van der Waals surface area contributed by atoms with Crippen molar-refractivity contribution in [2.24, 2.45) is 11.3 Å². The number of hydrogen-bond donors (Lipinski definition) is 0. The topological polar surface area (TPSA) is 67.2 Å². The molecule has 0 spiro atoms. The van der Waals surface area contributed by atoms with Crippen molar-refractivity contribution in [3.8, 4) is 0 Å². The van der Waals surface area contributed by atoms with Crippen LogP contribution in [0.5, 0.6) is 0 Å². The molecule has 6 rings (SSSR count). The Morgan fingerprint density at radius 3 is 2.59 bits per heavy atom. The molecule has 2 aromatic heterocycles. The molecule has 1 amide bonds. The van der Waals surface area contributed by atoms with Crippen molar-refractivity contribution in [2.75, 3.05) is 19.6 Å². The second kappa shape index (κ2) is 9.85. The monoisotopic (exact) mass is 544 g/mol. The molecule has 2 aliphatic carbocycles. The van der Waals surface area contributed by atoms with Crippen molar-refractivity contribution in [2.45, 2.75) is 103 Å². The van der Waals surface area contributed by atoms with E-state index in [1.165, 1.54) is 6.07 Å². The van der Waals surface area contributed by atoms with Gasteiger partial charge in [-0.2, -0.15) is 13.2 Å². The normalized spacial score (nSPS) is 28.2. The predicted octanol–water partition coefficient (Wildman–Crippen LogP) is 5.29. The molecule has 3 atom stereocenters. The minimum Gasteiger partial charge on any atom is -0.337 e. The molecule has 2 aliphatic heterocycles. The van der Waals surface area contributed by atoms with Gasteiger partial charge in [-0.25, -0.2) is 0 Å². The van der Waals surface area contributed by atoms with Crippen LogP contribution in [0.15, 0.2) is 12.3 Å². The molecule has 39 heavy (non-hydrogen) atoms. The first-order chi connectivity index (χ1) is 18.6. The molecule has 0 unspecified atom stereocenters. The summed E-state index contributed by atoms with van der Waals surface area (Å²) in [6.45, 7) is 9.13. The van der Waals surface area contributed by atoms with Crippen LogP contribution in [0.3, 0.4) is 0 Å². The van der Waals surface area contributed by atoms with E-state index in [-0.39, 0.29) is 17.9 Å². The fraction of sp³-hybridized carbons (Fsp3) is 0.724. The Morgan fingerprint density at radius 2 is 1.87 bits per heavy atom. The zero-order chi connectivity index (χ0) is 27.5. The van der Waals surface area contributed by atoms with Gasteiger partial charge in [-0.1, -0.05) is 20.3 Å². The van der Waals surface area contributed by atoms with Gasteiger partial charge in [-0.15, -0.1) is 10.2 Å². The Hall–Kier alpha value is -2.49. The van der Waals surface area contributed by atoms with E-state index in [1.54, 1.807) is 0 Å². The fourth-order valence-electron chi connectivity index (χ4n) is 8.05. The zero-order valence-electron chi connectivity index (χ0n) is 23.2. The van der Waals surface area contributed by atoms with Gasteiger partial charge < -0.3 is 14.4 Å². The highest BCUT2D eigenvalue weighted by atomic mass is 19.4. The van der Waals surface area contributed by atoms with E-state index in [0.717, 1.165) is 75.9 Å². The van der Waals surface area contributed by atoms with Crippen LogP contribution in [0.25, 0.3) is 0 Å². The number of alkyl halides is 3. The lowest BCUT2D eigenvalue weighted by molar-refractivity contribution is -0.144. The second-order valence-corrected chi connectivity index (χ2v) is 12.5. The first-order valence-corrected chi connectivity index (χ1v) is 14.6. The van der Waals surface area contributed by atoms with E-state index in [9.17, 15) is 18.0 Å². The lowest BCUT2D eigenvalue weighted by Crippen LogP contribution is -2.47. The Bertz CT molecular complexity index is 1230. The van der Waals surface area contributed by atoms with E-state index in [2.05, 4.69) is 38.5 Å². The third-order valence-electron chi connectivity index (χ3n) is 9.98. The van der Waals surface area contributed by atoms with Gasteiger partial charge in [0.25, 0.3) is 0 Å². The number of aromatic nitrogens is 4. The molecule has 3 fully saturated rings. The number of pyridine rings is 1. The maximum absolute atomic E-state index is 14.1. The van der Waals surface area contributed by atoms with Gasteiger partial charge in [0, 0.05) is 62.5 Å². The summed E-state index contributed by atoms with van der Waals surface area (Å²) in [5.74, 6) is 2.90. The van der Waals surface area contributed by atoms with Crippen molar-refractivity contribution >= 4 is 5.91 Å². The van der Waals surface area contributed by atoms with E-state index >= 15 is 0 Å². The third kappa shape index (κ3) is 4.66. The standard InChI is InChI=1S/C29H39F3N6O/c1-18(2)26-35-34-19(3)38(26)23-6-10-36(11-7-23)24-14-21-5-4-9-28(21,15-24)27(39)37-12-8-25-20(17-37)13-22(16-33-25)29(30,31)32/h13,16,18,21,23-24H,4-12,14-15,17H2,1-3H3/t21-,24+,28-/m1/s1. The summed E-state index contributed by atoms with van der Waals surface area (Å²) < 4.78 is 42.2. The molecule has 0 radical (unpaired) electrons. The zero-order valence-corrected chi connectivity index (χ0v) is 23.2. The molecule has 2 saturated carbocycles. The van der Waals surface area contributed by atoms with Crippen molar-refractivity contribution in [1.82, 2.24) is 29.5 Å². The Morgan fingerprint density at radius 1 is 1.10 bits per heavy atom. The Kier molecular flexibility index (Phi) is 6.75. The first-order valence-electron chi connectivity index (χ1n) is 14.6. The maximum Gasteiger partial charge on any atom is 0.417 e. The van der Waals surface area contributed by atoms with E-state index in [1.807, 2.05) is 11.8 Å². The molecule has 4 heterocycles. The van der Waals surface area contributed by atoms with Crippen LogP contribution < -0.4 is 0 Å². The number of carbonyl (C=O) groups excluding carboxylic acids is 1. The van der Waals surface area contributed by atoms with Crippen LogP contribution in [0, 0.1) is 18.3 Å². The van der Waals surface area contributed by atoms with Gasteiger partial charge in [0.1, 0.15) is 11.6 Å². The molecule has 4 aliphatic rings. The second-order valence-electron chi connectivity index (χ2n) is 12.5. The van der Waals surface area contributed by atoms with Crippen LogP contribution in [0.2, 0.25) is 0 Å². The summed E-state index contributed by atoms with van der Waals surface area (Å²) in [5, 5.41) is 8.78.